The highest BCUT2D eigenvalue weighted by atomic mass is 32.2. The van der Waals surface area contributed by atoms with Crippen LogP contribution in [0.4, 0.5) is 0 Å². The highest BCUT2D eigenvalue weighted by Gasteiger charge is 2.37. The van der Waals surface area contributed by atoms with Gasteiger partial charge in [0.15, 0.2) is 0 Å². The zero-order chi connectivity index (χ0) is 14.8. The van der Waals surface area contributed by atoms with E-state index in [1.54, 1.807) is 13.8 Å². The van der Waals surface area contributed by atoms with Crippen LogP contribution in [0.15, 0.2) is 0 Å². The average Bonchev–Trinajstić information content (AvgIpc) is 2.73. The summed E-state index contributed by atoms with van der Waals surface area (Å²) >= 11 is 0. The number of rotatable bonds is 5. The maximum Gasteiger partial charge on any atom is 0.326 e. The average molecular weight is 294 g/mol. The summed E-state index contributed by atoms with van der Waals surface area (Å²) in [6.07, 6.45) is -0.0743. The number of carboxylic acids is 1. The summed E-state index contributed by atoms with van der Waals surface area (Å²) in [6.45, 7) is 3.28. The molecule has 0 bridgehead atoms. The first kappa shape index (κ1) is 15.9. The molecule has 0 saturated carbocycles. The molecule has 1 amide bonds. The molecule has 0 aromatic rings. The van der Waals surface area contributed by atoms with Crippen LogP contribution in [-0.4, -0.2) is 53.8 Å². The van der Waals surface area contributed by atoms with Crippen LogP contribution in [0.2, 0.25) is 0 Å². The molecule has 0 radical (unpaired) electrons. The Labute approximate surface area is 111 Å². The van der Waals surface area contributed by atoms with Crippen molar-refractivity contribution in [2.75, 3.05) is 6.54 Å². The lowest BCUT2D eigenvalue weighted by Gasteiger charge is -2.20. The zero-order valence-electron chi connectivity index (χ0n) is 10.7. The van der Waals surface area contributed by atoms with Gasteiger partial charge in [-0.3, -0.25) is 9.35 Å². The highest BCUT2D eigenvalue weighted by Crippen LogP contribution is 2.14. The van der Waals surface area contributed by atoms with E-state index < -0.39 is 39.3 Å². The molecule has 8 nitrogen and oxygen atoms in total. The molecule has 1 heterocycles. The third-order valence-corrected chi connectivity index (χ3v) is 4.26. The fraction of sp³-hybridized carbons (Fsp3) is 0.800. The normalized spacial score (nSPS) is 25.3. The Morgan fingerprint density at radius 3 is 2.32 bits per heavy atom. The monoisotopic (exact) mass is 294 g/mol. The number of aliphatic carboxylic acids is 1. The number of nitrogens with one attached hydrogen (secondary N) is 2. The van der Waals surface area contributed by atoms with Crippen molar-refractivity contribution in [2.24, 2.45) is 5.92 Å². The van der Waals surface area contributed by atoms with Crippen molar-refractivity contribution in [1.29, 1.82) is 0 Å². The minimum atomic E-state index is -4.19. The highest BCUT2D eigenvalue weighted by molar-refractivity contribution is 7.86. The standard InChI is InChI=1S/C10H18N2O6S/c1-5(2)8(10(14)15)12-9(13)7-3-6(4-11-7)19(16,17)18/h5-8,11H,3-4H2,1-2H3,(H,12,13)(H,14,15)(H,16,17,18)/t6-,7-,8-/m0/s1. The summed E-state index contributed by atoms with van der Waals surface area (Å²) in [4.78, 5) is 22.8. The van der Waals surface area contributed by atoms with E-state index in [0.29, 0.717) is 0 Å². The van der Waals surface area contributed by atoms with Gasteiger partial charge < -0.3 is 15.7 Å². The van der Waals surface area contributed by atoms with Crippen molar-refractivity contribution in [3.8, 4) is 0 Å². The van der Waals surface area contributed by atoms with Crippen molar-refractivity contribution in [3.05, 3.63) is 0 Å². The van der Waals surface area contributed by atoms with Crippen molar-refractivity contribution in [2.45, 2.75) is 37.6 Å². The Morgan fingerprint density at radius 1 is 1.37 bits per heavy atom. The summed E-state index contributed by atoms with van der Waals surface area (Å²) in [5.41, 5.74) is 0. The van der Waals surface area contributed by atoms with Crippen LogP contribution in [0.1, 0.15) is 20.3 Å². The van der Waals surface area contributed by atoms with Crippen LogP contribution in [0.5, 0.6) is 0 Å². The van der Waals surface area contributed by atoms with Gasteiger partial charge in [-0.1, -0.05) is 13.8 Å². The molecule has 0 spiro atoms. The second kappa shape index (κ2) is 5.85. The van der Waals surface area contributed by atoms with Crippen molar-refractivity contribution in [3.63, 3.8) is 0 Å². The Balaban J connectivity index is 2.63. The third-order valence-electron chi connectivity index (χ3n) is 3.06. The van der Waals surface area contributed by atoms with E-state index in [1.165, 1.54) is 0 Å². The fourth-order valence-electron chi connectivity index (χ4n) is 1.90. The van der Waals surface area contributed by atoms with Gasteiger partial charge in [-0.25, -0.2) is 4.79 Å². The van der Waals surface area contributed by atoms with Crippen molar-refractivity contribution in [1.82, 2.24) is 10.6 Å². The molecule has 0 unspecified atom stereocenters. The van der Waals surface area contributed by atoms with Crippen molar-refractivity contribution < 1.29 is 27.7 Å². The first-order chi connectivity index (χ1) is 8.62. The Hall–Kier alpha value is -1.19. The lowest BCUT2D eigenvalue weighted by Crippen LogP contribution is -2.50. The Morgan fingerprint density at radius 2 is 1.95 bits per heavy atom. The number of carbonyl (C=O) groups is 2. The molecule has 1 rings (SSSR count). The Kier molecular flexibility index (Phi) is 4.88. The Bertz CT molecular complexity index is 461. The minimum Gasteiger partial charge on any atom is -0.480 e. The fourth-order valence-corrected chi connectivity index (χ4v) is 2.64. The third kappa shape index (κ3) is 4.15. The molecule has 19 heavy (non-hydrogen) atoms. The molecule has 0 aliphatic carbocycles. The van der Waals surface area contributed by atoms with Crippen LogP contribution in [0.25, 0.3) is 0 Å². The van der Waals surface area contributed by atoms with E-state index in [4.69, 9.17) is 9.66 Å². The van der Waals surface area contributed by atoms with Gasteiger partial charge in [-0.05, 0) is 12.3 Å². The second-order valence-corrected chi connectivity index (χ2v) is 6.60. The van der Waals surface area contributed by atoms with Crippen molar-refractivity contribution >= 4 is 22.0 Å². The number of carboxylic acid groups (broad SMARTS) is 1. The predicted octanol–water partition coefficient (Wildman–Crippen LogP) is -1.17. The lowest BCUT2D eigenvalue weighted by atomic mass is 10.0. The summed E-state index contributed by atoms with van der Waals surface area (Å²) < 4.78 is 30.7. The first-order valence-electron chi connectivity index (χ1n) is 5.85. The molecule has 0 aromatic heterocycles. The number of amides is 1. The van der Waals surface area contributed by atoms with E-state index in [0.717, 1.165) is 0 Å². The summed E-state index contributed by atoms with van der Waals surface area (Å²) in [5.74, 6) is -2.01. The van der Waals surface area contributed by atoms with E-state index in [-0.39, 0.29) is 18.9 Å². The smallest absolute Gasteiger partial charge is 0.326 e. The second-order valence-electron chi connectivity index (χ2n) is 4.90. The van der Waals surface area contributed by atoms with E-state index in [1.807, 2.05) is 0 Å². The molecule has 3 atom stereocenters. The molecular formula is C10H18N2O6S. The summed E-state index contributed by atoms with van der Waals surface area (Å²) in [7, 11) is -4.19. The van der Waals surface area contributed by atoms with Crippen LogP contribution >= 0.6 is 0 Å². The van der Waals surface area contributed by atoms with Gasteiger partial charge in [0.05, 0.1) is 6.04 Å². The number of hydrogen-bond acceptors (Lipinski definition) is 5. The molecule has 0 aromatic carbocycles. The molecule has 1 saturated heterocycles. The quantitative estimate of drug-likeness (QED) is 0.469. The van der Waals surface area contributed by atoms with Crippen LogP contribution in [-0.2, 0) is 19.7 Å². The first-order valence-corrected chi connectivity index (χ1v) is 7.36. The molecule has 4 N–H and O–H groups in total. The zero-order valence-corrected chi connectivity index (χ0v) is 11.5. The molecule has 1 aliphatic heterocycles. The predicted molar refractivity (Wildman–Crippen MR) is 66.1 cm³/mol. The maximum absolute atomic E-state index is 11.8. The van der Waals surface area contributed by atoms with E-state index in [2.05, 4.69) is 10.6 Å². The number of carbonyl (C=O) groups excluding carboxylic acids is 1. The maximum atomic E-state index is 11.8. The lowest BCUT2D eigenvalue weighted by molar-refractivity contribution is -0.143. The largest absolute Gasteiger partial charge is 0.480 e. The SMILES string of the molecule is CC(C)[C@H](NC(=O)[C@@H]1C[C@H](S(=O)(=O)O)CN1)C(=O)O. The van der Waals surface area contributed by atoms with Gasteiger partial charge in [0, 0.05) is 6.54 Å². The van der Waals surface area contributed by atoms with Crippen LogP contribution < -0.4 is 10.6 Å². The molecular weight excluding hydrogens is 276 g/mol. The summed E-state index contributed by atoms with van der Waals surface area (Å²) in [5, 5.41) is 12.9. The minimum absolute atomic E-state index is 0.0314. The van der Waals surface area contributed by atoms with Gasteiger partial charge >= 0.3 is 5.97 Å². The van der Waals surface area contributed by atoms with Gasteiger partial charge in [0.2, 0.25) is 5.91 Å². The van der Waals surface area contributed by atoms with Gasteiger partial charge in [0.25, 0.3) is 10.1 Å². The molecule has 9 heteroatoms. The van der Waals surface area contributed by atoms with Gasteiger partial charge in [-0.15, -0.1) is 0 Å². The molecule has 1 aliphatic rings. The van der Waals surface area contributed by atoms with E-state index >= 15 is 0 Å². The van der Waals surface area contributed by atoms with Gasteiger partial charge in [-0.2, -0.15) is 8.42 Å². The topological polar surface area (TPSA) is 133 Å². The van der Waals surface area contributed by atoms with Crippen LogP contribution in [0, 0.1) is 5.92 Å². The van der Waals surface area contributed by atoms with Gasteiger partial charge in [0.1, 0.15) is 11.3 Å². The van der Waals surface area contributed by atoms with Crippen LogP contribution in [0.3, 0.4) is 0 Å². The molecule has 1 fully saturated rings. The molecule has 110 valence electrons. The number of hydrogen-bond donors (Lipinski definition) is 4. The summed E-state index contributed by atoms with van der Waals surface area (Å²) in [6, 6.07) is -1.84. The van der Waals surface area contributed by atoms with E-state index in [9.17, 15) is 18.0 Å².